The molecule has 0 aliphatic carbocycles. The lowest BCUT2D eigenvalue weighted by Crippen LogP contribution is -2.05. The van der Waals surface area contributed by atoms with E-state index in [0.717, 1.165) is 22.9 Å². The summed E-state index contributed by atoms with van der Waals surface area (Å²) in [5, 5.41) is 10.4. The Balaban J connectivity index is 2.06. The molecule has 24 heavy (non-hydrogen) atoms. The minimum atomic E-state index is -0.267. The van der Waals surface area contributed by atoms with E-state index in [0.29, 0.717) is 23.5 Å². The molecule has 4 nitrogen and oxygen atoms in total. The highest BCUT2D eigenvalue weighted by Crippen LogP contribution is 2.30. The number of unbranched alkanes of at least 4 members (excludes halogenated alkanes) is 1. The van der Waals surface area contributed by atoms with Crippen LogP contribution in [0.1, 0.15) is 19.8 Å². The van der Waals surface area contributed by atoms with Gasteiger partial charge in [0.25, 0.3) is 0 Å². The van der Waals surface area contributed by atoms with E-state index in [9.17, 15) is 9.90 Å². The molecule has 3 aromatic rings. The van der Waals surface area contributed by atoms with Crippen LogP contribution in [0.15, 0.2) is 56.3 Å². The van der Waals surface area contributed by atoms with Gasteiger partial charge in [0.05, 0.1) is 12.2 Å². The highest BCUT2D eigenvalue weighted by molar-refractivity contribution is 9.10. The summed E-state index contributed by atoms with van der Waals surface area (Å²) >= 11 is 3.37. The summed E-state index contributed by atoms with van der Waals surface area (Å²) in [5.74, 6) is 0.361. The zero-order valence-electron chi connectivity index (χ0n) is 13.2. The largest absolute Gasteiger partial charge is 0.507 e. The van der Waals surface area contributed by atoms with Crippen molar-refractivity contribution in [2.24, 2.45) is 0 Å². The van der Waals surface area contributed by atoms with Gasteiger partial charge in [-0.25, -0.2) is 0 Å². The van der Waals surface area contributed by atoms with E-state index in [1.807, 2.05) is 24.3 Å². The Morgan fingerprint density at radius 3 is 2.67 bits per heavy atom. The second-order valence-electron chi connectivity index (χ2n) is 5.50. The normalized spacial score (nSPS) is 10.9. The molecule has 0 aliphatic rings. The molecule has 0 bridgehead atoms. The van der Waals surface area contributed by atoms with Gasteiger partial charge in [0.1, 0.15) is 28.7 Å². The van der Waals surface area contributed by atoms with Crippen molar-refractivity contribution < 1.29 is 14.3 Å². The Morgan fingerprint density at radius 2 is 1.96 bits per heavy atom. The molecule has 0 aliphatic heterocycles. The van der Waals surface area contributed by atoms with E-state index < -0.39 is 0 Å². The first-order chi connectivity index (χ1) is 11.6. The quantitative estimate of drug-likeness (QED) is 0.617. The Morgan fingerprint density at radius 1 is 1.21 bits per heavy atom. The molecule has 0 spiro atoms. The third kappa shape index (κ3) is 3.31. The van der Waals surface area contributed by atoms with Gasteiger partial charge < -0.3 is 14.3 Å². The number of phenolic OH excluding ortho intramolecular Hbond substituents is 1. The van der Waals surface area contributed by atoms with Crippen molar-refractivity contribution in [2.75, 3.05) is 6.61 Å². The SMILES string of the molecule is CCCCOc1cc(O)c2c(=O)c(-c3ccc(Br)cc3)coc2c1. The summed E-state index contributed by atoms with van der Waals surface area (Å²) in [7, 11) is 0. The fraction of sp³-hybridized carbons (Fsp3) is 0.211. The summed E-state index contributed by atoms with van der Waals surface area (Å²) in [6.07, 6.45) is 3.36. The number of halogens is 1. The van der Waals surface area contributed by atoms with Crippen LogP contribution in [-0.4, -0.2) is 11.7 Å². The van der Waals surface area contributed by atoms with Gasteiger partial charge in [-0.3, -0.25) is 4.79 Å². The molecule has 1 aromatic heterocycles. The molecule has 0 amide bonds. The van der Waals surface area contributed by atoms with Crippen LogP contribution < -0.4 is 10.2 Å². The van der Waals surface area contributed by atoms with Gasteiger partial charge in [-0.15, -0.1) is 0 Å². The summed E-state index contributed by atoms with van der Waals surface area (Å²) in [4.78, 5) is 12.7. The third-order valence-electron chi connectivity index (χ3n) is 3.75. The van der Waals surface area contributed by atoms with Crippen LogP contribution in [0.3, 0.4) is 0 Å². The van der Waals surface area contributed by atoms with Gasteiger partial charge in [-0.2, -0.15) is 0 Å². The first-order valence-corrected chi connectivity index (χ1v) is 8.56. The van der Waals surface area contributed by atoms with Gasteiger partial charge in [0.15, 0.2) is 0 Å². The highest BCUT2D eigenvalue weighted by Gasteiger charge is 2.14. The lowest BCUT2D eigenvalue weighted by Gasteiger charge is -2.09. The van der Waals surface area contributed by atoms with Gasteiger partial charge in [0, 0.05) is 16.6 Å². The van der Waals surface area contributed by atoms with Crippen LogP contribution in [0, 0.1) is 0 Å². The zero-order valence-corrected chi connectivity index (χ0v) is 14.8. The van der Waals surface area contributed by atoms with Gasteiger partial charge in [-0.1, -0.05) is 41.4 Å². The number of rotatable bonds is 5. The molecule has 1 heterocycles. The summed E-state index contributed by atoms with van der Waals surface area (Å²) in [6, 6.07) is 10.4. The average Bonchev–Trinajstić information content (AvgIpc) is 2.56. The molecule has 124 valence electrons. The first-order valence-electron chi connectivity index (χ1n) is 7.77. The van der Waals surface area contributed by atoms with E-state index in [4.69, 9.17) is 9.15 Å². The number of phenols is 1. The first kappa shape index (κ1) is 16.6. The minimum absolute atomic E-state index is 0.133. The zero-order chi connectivity index (χ0) is 17.1. The summed E-state index contributed by atoms with van der Waals surface area (Å²) in [5.41, 5.74) is 1.19. The van der Waals surface area contributed by atoms with Crippen molar-refractivity contribution in [3.63, 3.8) is 0 Å². The Bertz CT molecular complexity index is 913. The van der Waals surface area contributed by atoms with Crippen molar-refractivity contribution in [3.8, 4) is 22.6 Å². The molecule has 0 fully saturated rings. The molecule has 0 saturated heterocycles. The molecular weight excluding hydrogens is 372 g/mol. The maximum Gasteiger partial charge on any atom is 0.204 e. The van der Waals surface area contributed by atoms with E-state index in [1.165, 1.54) is 12.3 Å². The van der Waals surface area contributed by atoms with Crippen LogP contribution in [0.4, 0.5) is 0 Å². The maximum atomic E-state index is 12.7. The minimum Gasteiger partial charge on any atom is -0.507 e. The second kappa shape index (κ2) is 7.09. The van der Waals surface area contributed by atoms with Gasteiger partial charge in [-0.05, 0) is 24.1 Å². The Hall–Kier alpha value is -2.27. The van der Waals surface area contributed by atoms with Crippen molar-refractivity contribution in [1.82, 2.24) is 0 Å². The molecule has 0 saturated carbocycles. The number of ether oxygens (including phenoxy) is 1. The monoisotopic (exact) mass is 388 g/mol. The second-order valence-corrected chi connectivity index (χ2v) is 6.42. The fourth-order valence-corrected chi connectivity index (χ4v) is 2.72. The average molecular weight is 389 g/mol. The van der Waals surface area contributed by atoms with Crippen molar-refractivity contribution in [1.29, 1.82) is 0 Å². The van der Waals surface area contributed by atoms with Crippen LogP contribution in [0.25, 0.3) is 22.1 Å². The van der Waals surface area contributed by atoms with Gasteiger partial charge >= 0.3 is 0 Å². The lowest BCUT2D eigenvalue weighted by molar-refractivity contribution is 0.307. The Kier molecular flexibility index (Phi) is 4.90. The van der Waals surface area contributed by atoms with Crippen molar-refractivity contribution in [2.45, 2.75) is 19.8 Å². The van der Waals surface area contributed by atoms with Crippen molar-refractivity contribution >= 4 is 26.9 Å². The lowest BCUT2D eigenvalue weighted by atomic mass is 10.1. The maximum absolute atomic E-state index is 12.7. The van der Waals surface area contributed by atoms with E-state index >= 15 is 0 Å². The van der Waals surface area contributed by atoms with Crippen LogP contribution in [-0.2, 0) is 0 Å². The molecular formula is C19H17BrO4. The number of aromatic hydroxyl groups is 1. The van der Waals surface area contributed by atoms with Crippen LogP contribution in [0.2, 0.25) is 0 Å². The molecule has 0 atom stereocenters. The highest BCUT2D eigenvalue weighted by atomic mass is 79.9. The Labute approximate surface area is 147 Å². The summed E-state index contributed by atoms with van der Waals surface area (Å²) < 4.78 is 12.1. The third-order valence-corrected chi connectivity index (χ3v) is 4.28. The molecule has 3 rings (SSSR count). The smallest absolute Gasteiger partial charge is 0.204 e. The number of fused-ring (bicyclic) bond motifs is 1. The molecule has 5 heteroatoms. The van der Waals surface area contributed by atoms with Crippen molar-refractivity contribution in [3.05, 3.63) is 57.4 Å². The molecule has 2 aromatic carbocycles. The number of benzene rings is 2. The number of hydrogen-bond acceptors (Lipinski definition) is 4. The van der Waals surface area contributed by atoms with E-state index in [-0.39, 0.29) is 16.6 Å². The predicted molar refractivity (Wildman–Crippen MR) is 97.7 cm³/mol. The topological polar surface area (TPSA) is 59.7 Å². The fourth-order valence-electron chi connectivity index (χ4n) is 2.45. The molecule has 0 unspecified atom stereocenters. The summed E-state index contributed by atoms with van der Waals surface area (Å²) in [6.45, 7) is 2.63. The van der Waals surface area contributed by atoms with Crippen LogP contribution >= 0.6 is 15.9 Å². The van der Waals surface area contributed by atoms with Crippen LogP contribution in [0.5, 0.6) is 11.5 Å². The van der Waals surface area contributed by atoms with E-state index in [1.54, 1.807) is 6.07 Å². The van der Waals surface area contributed by atoms with E-state index in [2.05, 4.69) is 22.9 Å². The molecule has 1 N–H and O–H groups in total. The standard InChI is InChI=1S/C19H17BrO4/c1-2-3-8-23-14-9-16(21)18-17(10-14)24-11-15(19(18)22)12-4-6-13(20)7-5-12/h4-7,9-11,21H,2-3,8H2,1H3. The number of hydrogen-bond donors (Lipinski definition) is 1. The predicted octanol–water partition coefficient (Wildman–Crippen LogP) is 5.11. The van der Waals surface area contributed by atoms with Gasteiger partial charge in [0.2, 0.25) is 5.43 Å². The molecule has 0 radical (unpaired) electrons.